The average Bonchev–Trinajstić information content (AvgIpc) is 2.73. The molecule has 4 heteroatoms. The van der Waals surface area contributed by atoms with E-state index in [4.69, 9.17) is 4.42 Å². The van der Waals surface area contributed by atoms with Crippen molar-refractivity contribution in [2.45, 2.75) is 6.54 Å². The molecule has 18 heavy (non-hydrogen) atoms. The fourth-order valence-corrected chi connectivity index (χ4v) is 2.75. The predicted molar refractivity (Wildman–Crippen MR) is 76.7 cm³/mol. The molecule has 1 aliphatic rings. The van der Waals surface area contributed by atoms with Crippen LogP contribution in [0.15, 0.2) is 33.2 Å². The Bertz CT molecular complexity index is 544. The summed E-state index contributed by atoms with van der Waals surface area (Å²) in [5.41, 5.74) is 0.974. The van der Waals surface area contributed by atoms with Crippen molar-refractivity contribution >= 4 is 26.9 Å². The van der Waals surface area contributed by atoms with Gasteiger partial charge in [0.2, 0.25) is 0 Å². The van der Waals surface area contributed by atoms with Crippen LogP contribution in [-0.2, 0) is 6.54 Å². The van der Waals surface area contributed by atoms with Gasteiger partial charge in [-0.1, -0.05) is 15.9 Å². The van der Waals surface area contributed by atoms with Crippen LogP contribution in [0.4, 0.5) is 0 Å². The van der Waals surface area contributed by atoms with Gasteiger partial charge in [-0.25, -0.2) is 0 Å². The van der Waals surface area contributed by atoms with Crippen LogP contribution in [0.5, 0.6) is 0 Å². The van der Waals surface area contributed by atoms with Crippen LogP contribution in [0.1, 0.15) is 5.76 Å². The maximum absolute atomic E-state index is 5.88. The molecule has 1 saturated heterocycles. The van der Waals surface area contributed by atoms with E-state index in [1.165, 1.54) is 5.39 Å². The quantitative estimate of drug-likeness (QED) is 0.850. The highest BCUT2D eigenvalue weighted by Gasteiger charge is 2.15. The molecule has 0 amide bonds. The van der Waals surface area contributed by atoms with E-state index in [9.17, 15) is 0 Å². The van der Waals surface area contributed by atoms with Gasteiger partial charge in [-0.05, 0) is 31.3 Å². The van der Waals surface area contributed by atoms with E-state index in [1.54, 1.807) is 0 Å². The largest absolute Gasteiger partial charge is 0.460 e. The van der Waals surface area contributed by atoms with Crippen LogP contribution in [0.2, 0.25) is 0 Å². The number of furan rings is 1. The summed E-state index contributed by atoms with van der Waals surface area (Å²) in [6.45, 7) is 5.45. The van der Waals surface area contributed by atoms with Gasteiger partial charge < -0.3 is 9.32 Å². The van der Waals surface area contributed by atoms with Gasteiger partial charge in [-0.3, -0.25) is 4.90 Å². The zero-order valence-corrected chi connectivity index (χ0v) is 12.1. The lowest BCUT2D eigenvalue weighted by Crippen LogP contribution is -2.43. The molecule has 0 aliphatic carbocycles. The molecule has 0 radical (unpaired) electrons. The number of hydrogen-bond donors (Lipinski definition) is 0. The van der Waals surface area contributed by atoms with Crippen molar-refractivity contribution in [2.24, 2.45) is 0 Å². The van der Waals surface area contributed by atoms with Crippen LogP contribution >= 0.6 is 15.9 Å². The molecule has 1 fully saturated rings. The monoisotopic (exact) mass is 308 g/mol. The van der Waals surface area contributed by atoms with Crippen molar-refractivity contribution in [1.29, 1.82) is 0 Å². The number of rotatable bonds is 2. The molecule has 0 spiro atoms. The minimum Gasteiger partial charge on any atom is -0.460 e. The van der Waals surface area contributed by atoms with Crippen LogP contribution in [0.25, 0.3) is 11.0 Å². The third-order valence-electron chi connectivity index (χ3n) is 3.50. The van der Waals surface area contributed by atoms with E-state index in [2.05, 4.69) is 44.9 Å². The number of hydrogen-bond acceptors (Lipinski definition) is 3. The van der Waals surface area contributed by atoms with Gasteiger partial charge >= 0.3 is 0 Å². The molecule has 0 bridgehead atoms. The van der Waals surface area contributed by atoms with Gasteiger partial charge in [-0.2, -0.15) is 0 Å². The predicted octanol–water partition coefficient (Wildman–Crippen LogP) is 2.94. The first-order chi connectivity index (χ1) is 8.70. The van der Waals surface area contributed by atoms with Crippen LogP contribution < -0.4 is 0 Å². The maximum atomic E-state index is 5.88. The molecule has 0 unspecified atom stereocenters. The second kappa shape index (κ2) is 5.03. The van der Waals surface area contributed by atoms with E-state index in [-0.39, 0.29) is 0 Å². The molecule has 0 saturated carbocycles. The summed E-state index contributed by atoms with van der Waals surface area (Å²) in [5, 5.41) is 1.17. The smallest absolute Gasteiger partial charge is 0.134 e. The summed E-state index contributed by atoms with van der Waals surface area (Å²) in [7, 11) is 2.18. The second-order valence-electron chi connectivity index (χ2n) is 4.97. The summed E-state index contributed by atoms with van der Waals surface area (Å²) in [5.74, 6) is 1.06. The number of halogens is 1. The first-order valence-corrected chi connectivity index (χ1v) is 7.09. The van der Waals surface area contributed by atoms with Crippen molar-refractivity contribution in [3.05, 3.63) is 34.5 Å². The first-order valence-electron chi connectivity index (χ1n) is 6.29. The lowest BCUT2D eigenvalue weighted by Gasteiger charge is -2.31. The Balaban J connectivity index is 1.74. The average molecular weight is 309 g/mol. The fraction of sp³-hybridized carbons (Fsp3) is 0.429. The van der Waals surface area contributed by atoms with Crippen LogP contribution in [0.3, 0.4) is 0 Å². The molecule has 0 N–H and O–H groups in total. The Labute approximate surface area is 115 Å². The maximum Gasteiger partial charge on any atom is 0.134 e. The lowest BCUT2D eigenvalue weighted by atomic mass is 10.2. The van der Waals surface area contributed by atoms with E-state index >= 15 is 0 Å². The normalized spacial score (nSPS) is 18.6. The molecule has 3 rings (SSSR count). The number of piperazine rings is 1. The number of likely N-dealkylation sites (N-methyl/N-ethyl adjacent to an activating group) is 1. The van der Waals surface area contributed by atoms with Crippen molar-refractivity contribution < 1.29 is 4.42 Å². The van der Waals surface area contributed by atoms with Gasteiger partial charge in [0, 0.05) is 36.0 Å². The second-order valence-corrected chi connectivity index (χ2v) is 5.89. The Morgan fingerprint density at radius 3 is 2.72 bits per heavy atom. The van der Waals surface area contributed by atoms with Crippen LogP contribution in [-0.4, -0.2) is 43.0 Å². The third-order valence-corrected chi connectivity index (χ3v) is 4.00. The molecule has 1 aromatic heterocycles. The van der Waals surface area contributed by atoms with Crippen molar-refractivity contribution in [1.82, 2.24) is 9.80 Å². The van der Waals surface area contributed by atoms with Gasteiger partial charge in [0.1, 0.15) is 11.3 Å². The van der Waals surface area contributed by atoms with Gasteiger partial charge in [0.15, 0.2) is 0 Å². The van der Waals surface area contributed by atoms with E-state index < -0.39 is 0 Å². The summed E-state index contributed by atoms with van der Waals surface area (Å²) in [6, 6.07) is 8.29. The SMILES string of the molecule is CN1CCN(Cc2cc3cc(Br)ccc3o2)CC1. The number of benzene rings is 1. The highest BCUT2D eigenvalue weighted by atomic mass is 79.9. The topological polar surface area (TPSA) is 19.6 Å². The number of fused-ring (bicyclic) bond motifs is 1. The molecule has 2 heterocycles. The van der Waals surface area contributed by atoms with Gasteiger partial charge in [-0.15, -0.1) is 0 Å². The van der Waals surface area contributed by atoms with Crippen molar-refractivity contribution in [3.8, 4) is 0 Å². The first kappa shape index (κ1) is 12.2. The third kappa shape index (κ3) is 2.60. The lowest BCUT2D eigenvalue weighted by molar-refractivity contribution is 0.141. The fourth-order valence-electron chi connectivity index (χ4n) is 2.37. The Morgan fingerprint density at radius 2 is 1.94 bits per heavy atom. The van der Waals surface area contributed by atoms with Gasteiger partial charge in [0.05, 0.1) is 6.54 Å². The van der Waals surface area contributed by atoms with E-state index in [0.29, 0.717) is 0 Å². The summed E-state index contributed by atoms with van der Waals surface area (Å²) >= 11 is 3.49. The Morgan fingerprint density at radius 1 is 1.17 bits per heavy atom. The zero-order valence-electron chi connectivity index (χ0n) is 10.5. The number of nitrogens with zero attached hydrogens (tertiary/aromatic N) is 2. The Kier molecular flexibility index (Phi) is 3.41. The minimum atomic E-state index is 0.917. The van der Waals surface area contributed by atoms with E-state index in [1.807, 2.05) is 12.1 Å². The van der Waals surface area contributed by atoms with E-state index in [0.717, 1.165) is 48.5 Å². The Hall–Kier alpha value is -0.840. The highest BCUT2D eigenvalue weighted by molar-refractivity contribution is 9.10. The molecular formula is C14H17BrN2O. The molecular weight excluding hydrogens is 292 g/mol. The summed E-state index contributed by atoms with van der Waals surface area (Å²) in [4.78, 5) is 4.82. The molecule has 3 nitrogen and oxygen atoms in total. The van der Waals surface area contributed by atoms with Crippen molar-refractivity contribution in [3.63, 3.8) is 0 Å². The molecule has 1 aromatic carbocycles. The van der Waals surface area contributed by atoms with Crippen LogP contribution in [0, 0.1) is 0 Å². The molecule has 1 aliphatic heterocycles. The molecule has 0 atom stereocenters. The van der Waals surface area contributed by atoms with Crippen molar-refractivity contribution in [2.75, 3.05) is 33.2 Å². The molecule has 2 aromatic rings. The van der Waals surface area contributed by atoms with Gasteiger partial charge in [0.25, 0.3) is 0 Å². The summed E-state index contributed by atoms with van der Waals surface area (Å²) in [6.07, 6.45) is 0. The molecule has 96 valence electrons. The zero-order chi connectivity index (χ0) is 12.5. The minimum absolute atomic E-state index is 0.917. The highest BCUT2D eigenvalue weighted by Crippen LogP contribution is 2.24. The summed E-state index contributed by atoms with van der Waals surface area (Å²) < 4.78 is 6.98. The standard InChI is InChI=1S/C14H17BrN2O/c1-16-4-6-17(7-5-16)10-13-9-11-8-12(15)2-3-14(11)18-13/h2-3,8-9H,4-7,10H2,1H3.